The summed E-state index contributed by atoms with van der Waals surface area (Å²) < 4.78 is 0. The largest absolute Gasteiger partial charge is 0.384 e. The van der Waals surface area contributed by atoms with Gasteiger partial charge in [-0.1, -0.05) is 42.5 Å². The van der Waals surface area contributed by atoms with E-state index in [4.69, 9.17) is 0 Å². The van der Waals surface area contributed by atoms with Crippen LogP contribution >= 0.6 is 0 Å². The Hall–Kier alpha value is -3.14. The highest BCUT2D eigenvalue weighted by atomic mass is 16.2. The maximum atomic E-state index is 13.0. The normalized spacial score (nSPS) is 10.5. The summed E-state index contributed by atoms with van der Waals surface area (Å²) >= 11 is 0. The van der Waals surface area contributed by atoms with E-state index in [1.54, 1.807) is 17.3 Å². The van der Waals surface area contributed by atoms with E-state index in [1.807, 2.05) is 50.2 Å². The number of aryl methyl sites for hydroxylation is 2. The summed E-state index contributed by atoms with van der Waals surface area (Å²) in [6, 6.07) is 20.3. The van der Waals surface area contributed by atoms with Gasteiger partial charge < -0.3 is 10.2 Å². The van der Waals surface area contributed by atoms with Gasteiger partial charge in [0, 0.05) is 31.2 Å². The first kappa shape index (κ1) is 19.6. The van der Waals surface area contributed by atoms with E-state index >= 15 is 0 Å². The highest BCUT2D eigenvalue weighted by molar-refractivity contribution is 6.06. The molecule has 0 radical (unpaired) electrons. The SMILES string of the molecule is CCN(C(=O)c1cncc(NCCCc2ccccc2)c1)c1cccc(C)c1. The number of nitrogens with zero attached hydrogens (tertiary/aromatic N) is 2. The Morgan fingerprint density at radius 2 is 1.86 bits per heavy atom. The highest BCUT2D eigenvalue weighted by Crippen LogP contribution is 2.19. The van der Waals surface area contributed by atoms with E-state index < -0.39 is 0 Å². The number of hydrogen-bond donors (Lipinski definition) is 1. The lowest BCUT2D eigenvalue weighted by molar-refractivity contribution is 0.0988. The number of hydrogen-bond acceptors (Lipinski definition) is 3. The predicted molar refractivity (Wildman–Crippen MR) is 116 cm³/mol. The number of amides is 1. The van der Waals surface area contributed by atoms with Gasteiger partial charge in [-0.3, -0.25) is 9.78 Å². The first-order chi connectivity index (χ1) is 13.7. The third-order valence-corrected chi connectivity index (χ3v) is 4.67. The molecule has 0 aliphatic rings. The fraction of sp³-hybridized carbons (Fsp3) is 0.250. The number of pyridine rings is 1. The van der Waals surface area contributed by atoms with Crippen molar-refractivity contribution in [2.24, 2.45) is 0 Å². The van der Waals surface area contributed by atoms with Gasteiger partial charge in [0.05, 0.1) is 11.3 Å². The molecule has 4 nitrogen and oxygen atoms in total. The van der Waals surface area contributed by atoms with Crippen LogP contribution in [-0.4, -0.2) is 24.0 Å². The number of benzene rings is 2. The molecule has 1 heterocycles. The van der Waals surface area contributed by atoms with Gasteiger partial charge in [-0.15, -0.1) is 0 Å². The van der Waals surface area contributed by atoms with E-state index in [0.717, 1.165) is 36.3 Å². The molecule has 1 aromatic heterocycles. The molecule has 1 N–H and O–H groups in total. The summed E-state index contributed by atoms with van der Waals surface area (Å²) in [5.41, 5.74) is 4.85. The van der Waals surface area contributed by atoms with Crippen LogP contribution in [0.4, 0.5) is 11.4 Å². The molecule has 0 aliphatic carbocycles. The Morgan fingerprint density at radius 1 is 1.04 bits per heavy atom. The van der Waals surface area contributed by atoms with Crippen LogP contribution in [0.5, 0.6) is 0 Å². The number of rotatable bonds is 8. The molecule has 0 atom stereocenters. The molecule has 28 heavy (non-hydrogen) atoms. The minimum atomic E-state index is -0.0338. The molecule has 144 valence electrons. The van der Waals surface area contributed by atoms with Gasteiger partial charge in [0.15, 0.2) is 0 Å². The molecule has 0 spiro atoms. The molecule has 0 unspecified atom stereocenters. The highest BCUT2D eigenvalue weighted by Gasteiger charge is 2.17. The van der Waals surface area contributed by atoms with Crippen molar-refractivity contribution in [2.75, 3.05) is 23.3 Å². The van der Waals surface area contributed by atoms with E-state index in [9.17, 15) is 4.79 Å². The number of nitrogens with one attached hydrogen (secondary N) is 1. The van der Waals surface area contributed by atoms with Crippen LogP contribution in [0, 0.1) is 6.92 Å². The van der Waals surface area contributed by atoms with Crippen molar-refractivity contribution >= 4 is 17.3 Å². The lowest BCUT2D eigenvalue weighted by atomic mass is 10.1. The molecule has 0 saturated heterocycles. The summed E-state index contributed by atoms with van der Waals surface area (Å²) in [7, 11) is 0. The van der Waals surface area contributed by atoms with Crippen molar-refractivity contribution in [1.82, 2.24) is 4.98 Å². The Balaban J connectivity index is 1.62. The molecule has 2 aromatic carbocycles. The quantitative estimate of drug-likeness (QED) is 0.559. The predicted octanol–water partition coefficient (Wildman–Crippen LogP) is 5.10. The number of aromatic nitrogens is 1. The first-order valence-corrected chi connectivity index (χ1v) is 9.78. The van der Waals surface area contributed by atoms with E-state index in [-0.39, 0.29) is 5.91 Å². The van der Waals surface area contributed by atoms with Crippen LogP contribution < -0.4 is 10.2 Å². The van der Waals surface area contributed by atoms with E-state index in [2.05, 4.69) is 34.6 Å². The molecule has 0 saturated carbocycles. The number of carbonyl (C=O) groups is 1. The van der Waals surface area contributed by atoms with E-state index in [1.165, 1.54) is 5.56 Å². The van der Waals surface area contributed by atoms with Crippen molar-refractivity contribution in [3.8, 4) is 0 Å². The molecule has 4 heteroatoms. The number of carbonyl (C=O) groups excluding carboxylic acids is 1. The third kappa shape index (κ3) is 5.19. The summed E-state index contributed by atoms with van der Waals surface area (Å²) in [4.78, 5) is 19.1. The minimum Gasteiger partial charge on any atom is -0.384 e. The minimum absolute atomic E-state index is 0.0338. The second-order valence-corrected chi connectivity index (χ2v) is 6.87. The fourth-order valence-corrected chi connectivity index (χ4v) is 3.22. The van der Waals surface area contributed by atoms with Gasteiger partial charge in [-0.2, -0.15) is 0 Å². The Labute approximate surface area is 167 Å². The van der Waals surface area contributed by atoms with Gasteiger partial charge in [-0.05, 0) is 56.0 Å². The van der Waals surface area contributed by atoms with Crippen molar-refractivity contribution in [3.63, 3.8) is 0 Å². The van der Waals surface area contributed by atoms with Crippen molar-refractivity contribution in [2.45, 2.75) is 26.7 Å². The molecule has 0 bridgehead atoms. The van der Waals surface area contributed by atoms with Crippen LogP contribution in [-0.2, 0) is 6.42 Å². The van der Waals surface area contributed by atoms with Crippen LogP contribution in [0.3, 0.4) is 0 Å². The Morgan fingerprint density at radius 3 is 2.61 bits per heavy atom. The maximum Gasteiger partial charge on any atom is 0.259 e. The molecule has 3 aromatic rings. The van der Waals surface area contributed by atoms with Gasteiger partial charge in [0.25, 0.3) is 5.91 Å². The van der Waals surface area contributed by atoms with Crippen LogP contribution in [0.1, 0.15) is 34.8 Å². The molecule has 0 fully saturated rings. The standard InChI is InChI=1S/C24H27N3O/c1-3-27(23-13-7-9-19(2)15-23)24(28)21-16-22(18-25-17-21)26-14-8-12-20-10-5-4-6-11-20/h4-7,9-11,13,15-18,26H,3,8,12,14H2,1-2H3. The summed E-state index contributed by atoms with van der Waals surface area (Å²) in [5, 5.41) is 3.38. The summed E-state index contributed by atoms with van der Waals surface area (Å²) in [6.07, 6.45) is 5.45. The summed E-state index contributed by atoms with van der Waals surface area (Å²) in [6.45, 7) is 5.46. The van der Waals surface area contributed by atoms with Crippen LogP contribution in [0.2, 0.25) is 0 Å². The topological polar surface area (TPSA) is 45.2 Å². The van der Waals surface area contributed by atoms with Crippen LogP contribution in [0.15, 0.2) is 73.1 Å². The van der Waals surface area contributed by atoms with E-state index in [0.29, 0.717) is 12.1 Å². The molecular weight excluding hydrogens is 346 g/mol. The van der Waals surface area contributed by atoms with Crippen molar-refractivity contribution in [3.05, 3.63) is 89.7 Å². The zero-order chi connectivity index (χ0) is 19.8. The van der Waals surface area contributed by atoms with Crippen molar-refractivity contribution in [1.29, 1.82) is 0 Å². The smallest absolute Gasteiger partial charge is 0.259 e. The summed E-state index contributed by atoms with van der Waals surface area (Å²) in [5.74, 6) is -0.0338. The zero-order valence-corrected chi connectivity index (χ0v) is 16.6. The average Bonchev–Trinajstić information content (AvgIpc) is 2.73. The Bertz CT molecular complexity index is 908. The lowest BCUT2D eigenvalue weighted by Gasteiger charge is -2.21. The van der Waals surface area contributed by atoms with Gasteiger partial charge >= 0.3 is 0 Å². The first-order valence-electron chi connectivity index (χ1n) is 9.78. The second-order valence-electron chi connectivity index (χ2n) is 6.87. The molecule has 0 aliphatic heterocycles. The zero-order valence-electron chi connectivity index (χ0n) is 16.6. The maximum absolute atomic E-state index is 13.0. The second kappa shape index (κ2) is 9.70. The number of anilines is 2. The van der Waals surface area contributed by atoms with Crippen molar-refractivity contribution < 1.29 is 4.79 Å². The average molecular weight is 374 g/mol. The fourth-order valence-electron chi connectivity index (χ4n) is 3.22. The van der Waals surface area contributed by atoms with Gasteiger partial charge in [0.1, 0.15) is 0 Å². The van der Waals surface area contributed by atoms with Gasteiger partial charge in [0.2, 0.25) is 0 Å². The van der Waals surface area contributed by atoms with Gasteiger partial charge in [-0.25, -0.2) is 0 Å². The van der Waals surface area contributed by atoms with Crippen LogP contribution in [0.25, 0.3) is 0 Å². The third-order valence-electron chi connectivity index (χ3n) is 4.67. The molecule has 3 rings (SSSR count). The lowest BCUT2D eigenvalue weighted by Crippen LogP contribution is -2.30. The molecular formula is C24H27N3O. The molecule has 1 amide bonds. The Kier molecular flexibility index (Phi) is 6.79. The monoisotopic (exact) mass is 373 g/mol.